The summed E-state index contributed by atoms with van der Waals surface area (Å²) in [5, 5.41) is 0. The Morgan fingerprint density at radius 3 is 3.14 bits per heavy atom. The van der Waals surface area contributed by atoms with E-state index < -0.39 is 0 Å². The van der Waals surface area contributed by atoms with Gasteiger partial charge in [-0.3, -0.25) is 10.3 Å². The van der Waals surface area contributed by atoms with Crippen molar-refractivity contribution >= 4 is 0 Å². The smallest absolute Gasteiger partial charge is 0.0974 e. The molecule has 1 rings (SSSR count). The minimum atomic E-state index is 0.760. The van der Waals surface area contributed by atoms with Crippen LogP contribution in [0.25, 0.3) is 0 Å². The van der Waals surface area contributed by atoms with E-state index in [0.717, 1.165) is 13.0 Å². The second kappa shape index (κ2) is 1.98. The lowest BCUT2D eigenvalue weighted by Crippen LogP contribution is -1.96. The van der Waals surface area contributed by atoms with Gasteiger partial charge in [-0.25, -0.2) is 0 Å². The summed E-state index contributed by atoms with van der Waals surface area (Å²) in [5.74, 6) is 0. The highest BCUT2D eigenvalue weighted by molar-refractivity contribution is 5.01. The van der Waals surface area contributed by atoms with Crippen molar-refractivity contribution in [1.29, 1.82) is 0 Å². The lowest BCUT2D eigenvalue weighted by Gasteiger charge is -1.87. The van der Waals surface area contributed by atoms with Gasteiger partial charge in [-0.05, 0) is 12.0 Å². The Morgan fingerprint density at radius 2 is 2.86 bits per heavy atom. The highest BCUT2D eigenvalue weighted by Gasteiger charge is 1.98. The molecule has 0 aromatic carbocycles. The summed E-state index contributed by atoms with van der Waals surface area (Å²) in [7, 11) is 0. The van der Waals surface area contributed by atoms with Crippen molar-refractivity contribution in [2.24, 2.45) is 0 Å². The first-order valence-corrected chi connectivity index (χ1v) is 2.48. The fraction of sp³-hybridized carbons (Fsp3) is 0.600. The molecule has 0 unspecified atom stereocenters. The molecule has 0 aromatic rings. The zero-order chi connectivity index (χ0) is 5.11. The maximum absolute atomic E-state index is 4.81. The number of hydrogen-bond acceptors (Lipinski definition) is 2. The monoisotopic (exact) mass is 99.1 g/mol. The van der Waals surface area contributed by atoms with Crippen molar-refractivity contribution < 1.29 is 4.84 Å². The minimum absolute atomic E-state index is 0.760. The second-order valence-electron chi connectivity index (χ2n) is 1.56. The first-order chi connectivity index (χ1) is 3.43. The van der Waals surface area contributed by atoms with Crippen molar-refractivity contribution in [3.8, 4) is 0 Å². The summed E-state index contributed by atoms with van der Waals surface area (Å²) in [6.07, 6.45) is 2.99. The van der Waals surface area contributed by atoms with E-state index >= 15 is 0 Å². The number of hydrogen-bond donors (Lipinski definition) is 1. The van der Waals surface area contributed by atoms with Gasteiger partial charge in [-0.1, -0.05) is 6.92 Å². The van der Waals surface area contributed by atoms with Gasteiger partial charge in [0.15, 0.2) is 0 Å². The van der Waals surface area contributed by atoms with E-state index in [-0.39, 0.29) is 0 Å². The van der Waals surface area contributed by atoms with Crippen LogP contribution in [0.5, 0.6) is 0 Å². The van der Waals surface area contributed by atoms with Gasteiger partial charge in [-0.2, -0.15) is 0 Å². The van der Waals surface area contributed by atoms with Crippen LogP contribution < -0.4 is 5.48 Å². The Morgan fingerprint density at radius 1 is 2.00 bits per heavy atom. The topological polar surface area (TPSA) is 21.3 Å². The highest BCUT2D eigenvalue weighted by atomic mass is 16.6. The predicted octanol–water partition coefficient (Wildman–Crippen LogP) is 0.815. The van der Waals surface area contributed by atoms with E-state index in [9.17, 15) is 0 Å². The molecule has 0 fully saturated rings. The van der Waals surface area contributed by atoms with Crippen LogP contribution >= 0.6 is 0 Å². The zero-order valence-electron chi connectivity index (χ0n) is 4.40. The van der Waals surface area contributed by atoms with Crippen LogP contribution in [-0.2, 0) is 4.84 Å². The summed E-state index contributed by atoms with van der Waals surface area (Å²) in [6.45, 7) is 2.87. The van der Waals surface area contributed by atoms with E-state index in [1.807, 2.05) is 6.20 Å². The molecule has 0 aliphatic carbocycles. The number of nitrogens with one attached hydrogen (secondary N) is 1. The zero-order valence-corrected chi connectivity index (χ0v) is 4.40. The molecule has 0 aromatic heterocycles. The quantitative estimate of drug-likeness (QED) is 0.525. The fourth-order valence-corrected chi connectivity index (χ4v) is 0.505. The van der Waals surface area contributed by atoms with Gasteiger partial charge in [0.25, 0.3) is 0 Å². The number of hydroxylamine groups is 1. The summed E-state index contributed by atoms with van der Waals surface area (Å²) in [5.41, 5.74) is 3.99. The maximum Gasteiger partial charge on any atom is 0.0974 e. The second-order valence-corrected chi connectivity index (χ2v) is 1.56. The van der Waals surface area contributed by atoms with Crippen LogP contribution in [0.3, 0.4) is 0 Å². The molecular formula is C5H9NO. The van der Waals surface area contributed by atoms with Gasteiger partial charge in [0.05, 0.1) is 6.61 Å². The predicted molar refractivity (Wildman–Crippen MR) is 27.5 cm³/mol. The Balaban J connectivity index is 2.36. The summed E-state index contributed by atoms with van der Waals surface area (Å²) in [4.78, 5) is 4.81. The van der Waals surface area contributed by atoms with E-state index in [0.29, 0.717) is 0 Å². The molecule has 1 N–H and O–H groups in total. The van der Waals surface area contributed by atoms with Crippen LogP contribution in [0.15, 0.2) is 11.8 Å². The third-order valence-corrected chi connectivity index (χ3v) is 1.06. The van der Waals surface area contributed by atoms with Gasteiger partial charge in [0.2, 0.25) is 0 Å². The number of rotatable bonds is 1. The molecule has 0 bridgehead atoms. The average molecular weight is 99.1 g/mol. The summed E-state index contributed by atoms with van der Waals surface area (Å²) in [6, 6.07) is 0. The molecule has 1 aliphatic heterocycles. The van der Waals surface area contributed by atoms with Crippen molar-refractivity contribution in [2.75, 3.05) is 6.61 Å². The Labute approximate surface area is 43.1 Å². The van der Waals surface area contributed by atoms with Crippen LogP contribution in [-0.4, -0.2) is 6.61 Å². The Hall–Kier alpha value is -0.500. The molecular weight excluding hydrogens is 90.1 g/mol. The van der Waals surface area contributed by atoms with E-state index in [1.54, 1.807) is 0 Å². The van der Waals surface area contributed by atoms with Crippen molar-refractivity contribution in [1.82, 2.24) is 5.48 Å². The molecule has 0 amide bonds. The molecule has 0 radical (unpaired) electrons. The molecule has 1 aliphatic rings. The van der Waals surface area contributed by atoms with Gasteiger partial charge in [-0.15, -0.1) is 0 Å². The first kappa shape index (κ1) is 4.65. The summed E-state index contributed by atoms with van der Waals surface area (Å²) < 4.78 is 0. The molecule has 2 nitrogen and oxygen atoms in total. The highest BCUT2D eigenvalue weighted by Crippen LogP contribution is 2.02. The maximum atomic E-state index is 4.81. The van der Waals surface area contributed by atoms with Crippen LogP contribution in [0.4, 0.5) is 0 Å². The molecule has 0 atom stereocenters. The van der Waals surface area contributed by atoms with Crippen LogP contribution in [0.1, 0.15) is 13.3 Å². The SMILES string of the molecule is CCC1=CNOC1. The van der Waals surface area contributed by atoms with Gasteiger partial charge < -0.3 is 0 Å². The van der Waals surface area contributed by atoms with E-state index in [2.05, 4.69) is 12.4 Å². The van der Waals surface area contributed by atoms with Crippen LogP contribution in [0, 0.1) is 0 Å². The van der Waals surface area contributed by atoms with Gasteiger partial charge in [0.1, 0.15) is 0 Å². The Bertz CT molecular complexity index is 88.1. The third kappa shape index (κ3) is 0.933. The molecule has 40 valence electrons. The fourth-order valence-electron chi connectivity index (χ4n) is 0.505. The molecule has 2 heteroatoms. The third-order valence-electron chi connectivity index (χ3n) is 1.06. The lowest BCUT2D eigenvalue weighted by atomic mass is 10.2. The molecule has 0 spiro atoms. The minimum Gasteiger partial charge on any atom is -0.274 e. The van der Waals surface area contributed by atoms with Crippen molar-refractivity contribution in [3.63, 3.8) is 0 Å². The Kier molecular flexibility index (Phi) is 1.32. The first-order valence-electron chi connectivity index (χ1n) is 2.48. The van der Waals surface area contributed by atoms with Gasteiger partial charge in [0, 0.05) is 6.20 Å². The largest absolute Gasteiger partial charge is 0.274 e. The standard InChI is InChI=1S/C5H9NO/c1-2-5-3-6-7-4-5/h3,6H,2,4H2,1H3. The average Bonchev–Trinajstić information content (AvgIpc) is 2.14. The van der Waals surface area contributed by atoms with E-state index in [1.165, 1.54) is 5.57 Å². The lowest BCUT2D eigenvalue weighted by molar-refractivity contribution is 0.112. The summed E-state index contributed by atoms with van der Waals surface area (Å²) >= 11 is 0. The van der Waals surface area contributed by atoms with Crippen molar-refractivity contribution in [2.45, 2.75) is 13.3 Å². The van der Waals surface area contributed by atoms with Crippen molar-refractivity contribution in [3.05, 3.63) is 11.8 Å². The van der Waals surface area contributed by atoms with Gasteiger partial charge >= 0.3 is 0 Å². The van der Waals surface area contributed by atoms with Crippen LogP contribution in [0.2, 0.25) is 0 Å². The normalized spacial score (nSPS) is 18.7. The molecule has 1 heterocycles. The molecule has 0 saturated carbocycles. The van der Waals surface area contributed by atoms with E-state index in [4.69, 9.17) is 4.84 Å². The molecule has 7 heavy (non-hydrogen) atoms. The molecule has 0 saturated heterocycles.